The van der Waals surface area contributed by atoms with Crippen molar-refractivity contribution in [2.45, 2.75) is 43.5 Å². The van der Waals surface area contributed by atoms with Crippen LogP contribution in [0.2, 0.25) is 0 Å². The Labute approximate surface area is 405 Å². The van der Waals surface area contributed by atoms with E-state index in [0.29, 0.717) is 17.2 Å². The van der Waals surface area contributed by atoms with Gasteiger partial charge < -0.3 is 88.2 Å². The molecule has 26 N–H and O–H groups in total. The van der Waals surface area contributed by atoms with E-state index in [0.717, 1.165) is 18.2 Å². The molecule has 0 fully saturated rings. The number of nitrogens with two attached hydrogens (primary N) is 9. The quantitative estimate of drug-likeness (QED) is 0.00936. The zero-order valence-electron chi connectivity index (χ0n) is 36.9. The Hall–Kier alpha value is -10.8. The normalized spacial score (nSPS) is 12.9. The average Bonchev–Trinajstić information content (AvgIpc) is 3.30. The second-order valence-electron chi connectivity index (χ2n) is 14.0. The first kappa shape index (κ1) is 56.5. The number of nitrogens with one attached hydrogen (secondary N) is 6. The van der Waals surface area contributed by atoms with E-state index in [-0.39, 0.29) is 11.3 Å². The lowest BCUT2D eigenvalue weighted by atomic mass is 10.1. The fourth-order valence-electron chi connectivity index (χ4n) is 5.73. The van der Waals surface area contributed by atoms with E-state index in [1.807, 2.05) is 21.4 Å². The van der Waals surface area contributed by atoms with E-state index in [1.165, 1.54) is 30.3 Å². The maximum absolute atomic E-state index is 14.2. The van der Waals surface area contributed by atoms with Crippen LogP contribution in [0, 0.1) is 30.3 Å². The minimum atomic E-state index is -2.74. The summed E-state index contributed by atoms with van der Waals surface area (Å²) in [6, 6.07) is 7.95. The highest BCUT2D eigenvalue weighted by Gasteiger charge is 2.38. The Morgan fingerprint density at radius 1 is 0.616 bits per heavy atom. The van der Waals surface area contributed by atoms with Crippen molar-refractivity contribution in [2.24, 2.45) is 71.6 Å². The summed E-state index contributed by atoms with van der Waals surface area (Å²) in [7, 11) is 0. The van der Waals surface area contributed by atoms with Crippen molar-refractivity contribution in [3.8, 4) is 0 Å². The fourth-order valence-corrected chi connectivity index (χ4v) is 5.73. The zero-order chi connectivity index (χ0) is 54.9. The van der Waals surface area contributed by atoms with Crippen LogP contribution in [0.3, 0.4) is 0 Å². The molecule has 6 atom stereocenters. The number of aromatic nitrogens is 1. The Morgan fingerprint density at radius 2 is 1.08 bits per heavy atom. The topological polar surface area (TPSA) is 653 Å². The summed E-state index contributed by atoms with van der Waals surface area (Å²) in [6.45, 7) is -1.01. The molecule has 3 aromatic rings. The molecule has 0 aliphatic carbocycles. The van der Waals surface area contributed by atoms with Crippen molar-refractivity contribution in [3.63, 3.8) is 0 Å². The molecule has 0 radical (unpaired) electrons. The average molecular weight is 1030 g/mol. The van der Waals surface area contributed by atoms with Gasteiger partial charge in [0, 0.05) is 11.6 Å². The fraction of sp³-hybridized carbons (Fsp3) is 0.206. The van der Waals surface area contributed by atoms with Crippen LogP contribution in [0.15, 0.2) is 80.8 Å². The van der Waals surface area contributed by atoms with Gasteiger partial charge in [-0.25, -0.2) is 35.7 Å². The molecule has 1 heterocycles. The molecule has 0 bridgehead atoms. The number of benzene rings is 2. The summed E-state index contributed by atoms with van der Waals surface area (Å²) in [5.41, 5.74) is 46.7. The van der Waals surface area contributed by atoms with Crippen LogP contribution in [0.4, 0.5) is 28.6 Å². The molecular formula is C34H44N24O15. The lowest BCUT2D eigenvalue weighted by Crippen LogP contribution is -2.58. The number of carbonyl (C=O) groups excluding carboxylic acids is 6. The van der Waals surface area contributed by atoms with Crippen molar-refractivity contribution in [2.75, 3.05) is 10.4 Å². The van der Waals surface area contributed by atoms with E-state index < -0.39 is 146 Å². The molecule has 0 aliphatic heterocycles. The van der Waals surface area contributed by atoms with Crippen molar-refractivity contribution >= 4 is 87.8 Å². The summed E-state index contributed by atoms with van der Waals surface area (Å²) in [4.78, 5) is 135. The van der Waals surface area contributed by atoms with Gasteiger partial charge in [0.1, 0.15) is 12.2 Å². The number of rotatable bonds is 25. The summed E-state index contributed by atoms with van der Waals surface area (Å²) >= 11 is 0. The van der Waals surface area contributed by atoms with Crippen molar-refractivity contribution in [1.82, 2.24) is 31.6 Å². The predicted octanol–water partition coefficient (Wildman–Crippen LogP) is -7.85. The number of hydrogen-bond acceptors (Lipinski definition) is 22. The van der Waals surface area contributed by atoms with E-state index in [1.54, 1.807) is 0 Å². The van der Waals surface area contributed by atoms with E-state index in [4.69, 9.17) is 56.9 Å². The highest BCUT2D eigenvalue weighted by Crippen LogP contribution is 2.34. The van der Waals surface area contributed by atoms with Crippen LogP contribution in [0.5, 0.6) is 0 Å². The van der Waals surface area contributed by atoms with Crippen molar-refractivity contribution in [3.05, 3.63) is 102 Å². The second kappa shape index (κ2) is 25.5. The van der Waals surface area contributed by atoms with Gasteiger partial charge in [-0.15, -0.1) is 4.99 Å². The van der Waals surface area contributed by atoms with Crippen LogP contribution in [0.25, 0.3) is 0 Å². The first-order valence-electron chi connectivity index (χ1n) is 19.5. The van der Waals surface area contributed by atoms with Gasteiger partial charge >= 0.3 is 5.69 Å². The third-order valence-electron chi connectivity index (χ3n) is 8.75. The molecule has 39 nitrogen and oxygen atoms in total. The van der Waals surface area contributed by atoms with Crippen LogP contribution in [0.1, 0.15) is 17.2 Å². The Kier molecular flexibility index (Phi) is 19.7. The minimum Gasteiger partial charge on any atom is -0.370 e. The maximum atomic E-state index is 14.2. The molecule has 2 aromatic carbocycles. The lowest BCUT2D eigenvalue weighted by Gasteiger charge is -2.29. The molecule has 0 aliphatic rings. The smallest absolute Gasteiger partial charge is 0.318 e. The van der Waals surface area contributed by atoms with Gasteiger partial charge in [-0.05, 0) is 17.7 Å². The highest BCUT2D eigenvalue weighted by atomic mass is 17.2. The number of nitro groups is 3. The number of pyridine rings is 1. The third kappa shape index (κ3) is 16.4. The number of aliphatic imine (C=N–C) groups is 4. The highest BCUT2D eigenvalue weighted by molar-refractivity contribution is 5.99. The minimum absolute atomic E-state index is 0.125. The van der Waals surface area contributed by atoms with E-state index >= 15 is 0 Å². The molecule has 0 saturated heterocycles. The molecule has 6 amide bonds. The number of aliphatic hydroxyl groups excluding tert-OH is 1. The van der Waals surface area contributed by atoms with Gasteiger partial charge in [0.25, 0.3) is 40.9 Å². The van der Waals surface area contributed by atoms with Crippen LogP contribution in [-0.2, 0) is 40.3 Å². The largest absolute Gasteiger partial charge is 0.370 e. The van der Waals surface area contributed by atoms with Gasteiger partial charge in [-0.1, -0.05) is 30.3 Å². The Balaban J connectivity index is 2.08. The SMILES string of the molecule is NC(=O)C(N=C(N)N)NC(=O)C(N=C(N)N)NC(=O)C(N=C(N)N)NC(=O)C(N=C(N)N)NC(=O)C(NC(=O)C(O)N(Cc1ccc(NOO)cc1[N+](=O)[O-])c1ncc([N+](=O)[O-])cc1[N+](=O)[O-])c1ccccc1. The molecule has 0 saturated carbocycles. The summed E-state index contributed by atoms with van der Waals surface area (Å²) < 4.78 is 0. The Bertz CT molecular complexity index is 2730. The van der Waals surface area contributed by atoms with Crippen LogP contribution >= 0.6 is 0 Å². The number of nitro benzene ring substituents is 1. The number of hydrogen-bond donors (Lipinski definition) is 17. The Morgan fingerprint density at radius 3 is 1.52 bits per heavy atom. The molecule has 390 valence electrons. The standard InChI is InChI=1S/C34H44N24O15/c35-19(59)20(50-31(36)37)46-26(61)22(52-33(40)41)48-28(63)23(53-34(42)43)49-27(62)21(51-32(38)39)47-25(60)18(12-4-2-1-3-5-12)45-29(64)30(65)55(24-17(58(70)71)9-15(10-44-24)56(66)67)11-13-6-7-14(54-73-72)8-16(13)57(68)69/h1-10,18,20-23,30,54,65,72H,11H2,(H2,35,59)(H,45,64)(H,46,61)(H,47,60)(H,48,63)(H,49,62)(H4,36,37,50)(H4,38,39,51)(H4,40,41,52)(H4,42,43,53). The summed E-state index contributed by atoms with van der Waals surface area (Å²) in [6.07, 6.45) is -10.9. The summed E-state index contributed by atoms with van der Waals surface area (Å²) in [5.74, 6) is -13.0. The number of aliphatic hydroxyl groups is 1. The number of guanidine groups is 4. The first-order valence-corrected chi connectivity index (χ1v) is 19.5. The van der Waals surface area contributed by atoms with Crippen molar-refractivity contribution in [1.29, 1.82) is 0 Å². The molecular weight excluding hydrogens is 985 g/mol. The molecule has 39 heteroatoms. The van der Waals surface area contributed by atoms with Crippen LogP contribution < -0.4 is 88.6 Å². The maximum Gasteiger partial charge on any atom is 0.318 e. The van der Waals surface area contributed by atoms with E-state index in [2.05, 4.69) is 40.6 Å². The molecule has 73 heavy (non-hydrogen) atoms. The number of amides is 6. The van der Waals surface area contributed by atoms with E-state index in [9.17, 15) is 64.2 Å². The lowest BCUT2D eigenvalue weighted by molar-refractivity contribution is -0.394. The molecule has 3 rings (SSSR count). The second-order valence-corrected chi connectivity index (χ2v) is 14.0. The third-order valence-corrected chi connectivity index (χ3v) is 8.75. The summed E-state index contributed by atoms with van der Waals surface area (Å²) in [5, 5.41) is 66.4. The van der Waals surface area contributed by atoms with Gasteiger partial charge in [0.05, 0.1) is 33.1 Å². The monoisotopic (exact) mass is 1030 g/mol. The van der Waals surface area contributed by atoms with Crippen LogP contribution in [-0.4, -0.2) is 120 Å². The number of anilines is 2. The molecule has 6 unspecified atom stereocenters. The number of carbonyl (C=O) groups is 6. The van der Waals surface area contributed by atoms with Crippen molar-refractivity contribution < 1.29 is 58.9 Å². The van der Waals surface area contributed by atoms with Gasteiger partial charge in [0.15, 0.2) is 23.8 Å². The molecule has 0 spiro atoms. The number of primary amides is 1. The zero-order valence-corrected chi connectivity index (χ0v) is 36.9. The van der Waals surface area contributed by atoms with Gasteiger partial charge in [-0.2, -0.15) is 0 Å². The predicted molar refractivity (Wildman–Crippen MR) is 248 cm³/mol. The van der Waals surface area contributed by atoms with Gasteiger partial charge in [0.2, 0.25) is 42.6 Å². The number of nitrogens with zero attached hydrogens (tertiary/aromatic N) is 9. The molecule has 1 aromatic heterocycles. The first-order chi connectivity index (χ1) is 34.2. The van der Waals surface area contributed by atoms with Gasteiger partial charge in [-0.3, -0.25) is 59.1 Å².